The largest absolute Gasteiger partial charge is 0.472 e. The number of ether oxygens (including phenoxy) is 2. The highest BCUT2D eigenvalue weighted by Crippen LogP contribution is 2.15. The summed E-state index contributed by atoms with van der Waals surface area (Å²) in [4.78, 5) is 11.4. The molecule has 0 saturated carbocycles. The maximum Gasteiger partial charge on any atom is 0.341 e. The molecule has 82 valence electrons. The lowest BCUT2D eigenvalue weighted by Gasteiger charge is -2.08. The first kappa shape index (κ1) is 10.2. The van der Waals surface area contributed by atoms with Gasteiger partial charge in [0.05, 0.1) is 24.5 Å². The van der Waals surface area contributed by atoms with Crippen molar-refractivity contribution in [1.82, 2.24) is 0 Å². The lowest BCUT2D eigenvalue weighted by molar-refractivity contribution is 0.0385. The van der Waals surface area contributed by atoms with Gasteiger partial charge in [0.25, 0.3) is 0 Å². The summed E-state index contributed by atoms with van der Waals surface area (Å²) in [6, 6.07) is 1.59. The van der Waals surface area contributed by atoms with Gasteiger partial charge in [-0.2, -0.15) is 0 Å². The van der Waals surface area contributed by atoms with E-state index in [9.17, 15) is 4.79 Å². The fourth-order valence-electron chi connectivity index (χ4n) is 1.62. The summed E-state index contributed by atoms with van der Waals surface area (Å²) in [5.74, 6) is -0.332. The summed E-state index contributed by atoms with van der Waals surface area (Å²) < 4.78 is 15.3. The van der Waals surface area contributed by atoms with Crippen LogP contribution in [-0.2, 0) is 9.47 Å². The van der Waals surface area contributed by atoms with Crippen molar-refractivity contribution in [3.05, 3.63) is 24.2 Å². The molecule has 1 atom stereocenters. The van der Waals surface area contributed by atoms with Crippen LogP contribution in [0.3, 0.4) is 0 Å². The van der Waals surface area contributed by atoms with Crippen LogP contribution in [0.5, 0.6) is 0 Å². The van der Waals surface area contributed by atoms with Crippen molar-refractivity contribution in [3.8, 4) is 0 Å². The first-order valence-corrected chi connectivity index (χ1v) is 5.17. The lowest BCUT2D eigenvalue weighted by Crippen LogP contribution is -2.12. The second-order valence-corrected chi connectivity index (χ2v) is 3.57. The molecule has 4 nitrogen and oxygen atoms in total. The molecule has 1 aliphatic heterocycles. The van der Waals surface area contributed by atoms with E-state index in [0.29, 0.717) is 12.2 Å². The zero-order valence-electron chi connectivity index (χ0n) is 8.48. The van der Waals surface area contributed by atoms with Crippen molar-refractivity contribution >= 4 is 5.97 Å². The van der Waals surface area contributed by atoms with Crippen LogP contribution in [0.25, 0.3) is 0 Å². The number of rotatable bonds is 4. The van der Waals surface area contributed by atoms with Crippen molar-refractivity contribution in [2.75, 3.05) is 13.2 Å². The minimum Gasteiger partial charge on any atom is -0.472 e. The molecule has 0 aromatic carbocycles. The minimum atomic E-state index is -0.332. The van der Waals surface area contributed by atoms with Crippen LogP contribution >= 0.6 is 0 Å². The van der Waals surface area contributed by atoms with Crippen LogP contribution < -0.4 is 0 Å². The second-order valence-electron chi connectivity index (χ2n) is 3.57. The molecule has 0 unspecified atom stereocenters. The van der Waals surface area contributed by atoms with E-state index in [1.54, 1.807) is 6.07 Å². The van der Waals surface area contributed by atoms with Gasteiger partial charge in [-0.05, 0) is 18.9 Å². The highest BCUT2D eigenvalue weighted by Gasteiger charge is 2.16. The summed E-state index contributed by atoms with van der Waals surface area (Å²) in [6.07, 6.45) is 6.07. The Morgan fingerprint density at radius 1 is 1.60 bits per heavy atom. The summed E-state index contributed by atoms with van der Waals surface area (Å²) >= 11 is 0. The van der Waals surface area contributed by atoms with E-state index in [0.717, 1.165) is 25.9 Å². The number of hydrogen-bond acceptors (Lipinski definition) is 4. The van der Waals surface area contributed by atoms with Gasteiger partial charge in [-0.15, -0.1) is 0 Å². The summed E-state index contributed by atoms with van der Waals surface area (Å²) in [7, 11) is 0. The van der Waals surface area contributed by atoms with E-state index in [2.05, 4.69) is 0 Å². The van der Waals surface area contributed by atoms with Crippen molar-refractivity contribution in [2.24, 2.45) is 0 Å². The van der Waals surface area contributed by atoms with E-state index in [1.807, 2.05) is 0 Å². The first-order valence-electron chi connectivity index (χ1n) is 5.17. The van der Waals surface area contributed by atoms with Crippen LogP contribution in [0.15, 0.2) is 23.0 Å². The molecule has 1 aliphatic rings. The van der Waals surface area contributed by atoms with Gasteiger partial charge in [0.2, 0.25) is 0 Å². The van der Waals surface area contributed by atoms with Crippen molar-refractivity contribution in [3.63, 3.8) is 0 Å². The molecule has 2 rings (SSSR count). The Morgan fingerprint density at radius 3 is 3.20 bits per heavy atom. The molecular formula is C11H14O4. The molecule has 0 amide bonds. The Hall–Kier alpha value is -1.29. The van der Waals surface area contributed by atoms with Gasteiger partial charge in [0.1, 0.15) is 6.26 Å². The Kier molecular flexibility index (Phi) is 3.40. The topological polar surface area (TPSA) is 48.7 Å². The number of esters is 1. The summed E-state index contributed by atoms with van der Waals surface area (Å²) in [5, 5.41) is 0. The fraction of sp³-hybridized carbons (Fsp3) is 0.545. The molecule has 1 fully saturated rings. The summed E-state index contributed by atoms with van der Waals surface area (Å²) in [5.41, 5.74) is 0.461. The molecule has 1 aromatic rings. The average Bonchev–Trinajstić information content (AvgIpc) is 2.90. The molecule has 1 saturated heterocycles. The average molecular weight is 210 g/mol. The van der Waals surface area contributed by atoms with E-state index >= 15 is 0 Å². The molecular weight excluding hydrogens is 196 g/mol. The van der Waals surface area contributed by atoms with Crippen LogP contribution in [0, 0.1) is 0 Å². The maximum atomic E-state index is 11.4. The highest BCUT2D eigenvalue weighted by atomic mass is 16.5. The summed E-state index contributed by atoms with van der Waals surface area (Å²) in [6.45, 7) is 1.25. The van der Waals surface area contributed by atoms with Crippen LogP contribution in [0.4, 0.5) is 0 Å². The van der Waals surface area contributed by atoms with Gasteiger partial charge in [-0.1, -0.05) is 0 Å². The number of carbonyl (C=O) groups excluding carboxylic acids is 1. The second kappa shape index (κ2) is 4.98. The van der Waals surface area contributed by atoms with Gasteiger partial charge >= 0.3 is 5.97 Å². The molecule has 0 bridgehead atoms. The Bertz CT molecular complexity index is 298. The van der Waals surface area contributed by atoms with Gasteiger partial charge < -0.3 is 13.9 Å². The number of hydrogen-bond donors (Lipinski definition) is 0. The van der Waals surface area contributed by atoms with E-state index in [1.165, 1.54) is 12.5 Å². The van der Waals surface area contributed by atoms with Crippen molar-refractivity contribution in [1.29, 1.82) is 0 Å². The van der Waals surface area contributed by atoms with Crippen molar-refractivity contribution in [2.45, 2.75) is 25.4 Å². The molecule has 0 radical (unpaired) electrons. The maximum absolute atomic E-state index is 11.4. The normalized spacial score (nSPS) is 20.4. The van der Waals surface area contributed by atoms with E-state index in [-0.39, 0.29) is 12.1 Å². The fourth-order valence-corrected chi connectivity index (χ4v) is 1.62. The third-order valence-electron chi connectivity index (χ3n) is 2.45. The molecule has 0 spiro atoms. The van der Waals surface area contributed by atoms with Gasteiger partial charge in [-0.3, -0.25) is 0 Å². The van der Waals surface area contributed by atoms with Gasteiger partial charge in [0, 0.05) is 13.0 Å². The third-order valence-corrected chi connectivity index (χ3v) is 2.45. The lowest BCUT2D eigenvalue weighted by atomic mass is 10.2. The molecule has 0 aliphatic carbocycles. The monoisotopic (exact) mass is 210 g/mol. The van der Waals surface area contributed by atoms with Crippen LogP contribution in [0.2, 0.25) is 0 Å². The Labute approximate surface area is 88.2 Å². The molecule has 1 aromatic heterocycles. The quantitative estimate of drug-likeness (QED) is 0.713. The Balaban J connectivity index is 1.67. The zero-order valence-corrected chi connectivity index (χ0v) is 8.48. The minimum absolute atomic E-state index is 0.266. The highest BCUT2D eigenvalue weighted by molar-refractivity contribution is 5.88. The molecule has 15 heavy (non-hydrogen) atoms. The SMILES string of the molecule is O=C(OCC[C@H]1CCCO1)c1ccoc1. The Morgan fingerprint density at radius 2 is 2.53 bits per heavy atom. The first-order chi connectivity index (χ1) is 7.36. The van der Waals surface area contributed by atoms with E-state index in [4.69, 9.17) is 13.9 Å². The predicted octanol–water partition coefficient (Wildman–Crippen LogP) is 2.01. The predicted molar refractivity (Wildman–Crippen MR) is 52.6 cm³/mol. The zero-order chi connectivity index (χ0) is 10.5. The van der Waals surface area contributed by atoms with Gasteiger partial charge in [0.15, 0.2) is 0 Å². The number of furan rings is 1. The van der Waals surface area contributed by atoms with Gasteiger partial charge in [-0.25, -0.2) is 4.79 Å². The molecule has 0 N–H and O–H groups in total. The standard InChI is InChI=1S/C11H14O4/c12-11(9-3-6-13-8-9)15-7-4-10-2-1-5-14-10/h3,6,8,10H,1-2,4-5,7H2/t10-/m1/s1. The van der Waals surface area contributed by atoms with E-state index < -0.39 is 0 Å². The number of carbonyl (C=O) groups is 1. The van der Waals surface area contributed by atoms with Crippen molar-refractivity contribution < 1.29 is 18.7 Å². The molecule has 4 heteroatoms. The van der Waals surface area contributed by atoms with Crippen LogP contribution in [-0.4, -0.2) is 25.3 Å². The van der Waals surface area contributed by atoms with Crippen LogP contribution in [0.1, 0.15) is 29.6 Å². The molecule has 2 heterocycles. The third kappa shape index (κ3) is 2.83. The smallest absolute Gasteiger partial charge is 0.341 e.